The van der Waals surface area contributed by atoms with Crippen LogP contribution in [-0.4, -0.2) is 60.1 Å². The molecule has 10 nitrogen and oxygen atoms in total. The zero-order chi connectivity index (χ0) is 35.9. The van der Waals surface area contributed by atoms with Crippen molar-refractivity contribution in [3.8, 4) is 17.2 Å². The van der Waals surface area contributed by atoms with Crippen molar-refractivity contribution in [1.29, 1.82) is 0 Å². The zero-order valence-electron chi connectivity index (χ0n) is 28.2. The predicted octanol–water partition coefficient (Wildman–Crippen LogP) is 5.69. The number of nitrogens with one attached hydrogen (secondary N) is 1. The van der Waals surface area contributed by atoms with Gasteiger partial charge in [0.25, 0.3) is 0 Å². The molecule has 1 aromatic heterocycles. The average Bonchev–Trinajstić information content (AvgIpc) is 2.90. The van der Waals surface area contributed by atoms with E-state index < -0.39 is 29.7 Å². The van der Waals surface area contributed by atoms with Crippen molar-refractivity contribution in [2.24, 2.45) is 0 Å². The van der Waals surface area contributed by atoms with Crippen LogP contribution in [0.15, 0.2) is 23.0 Å². The van der Waals surface area contributed by atoms with E-state index in [9.17, 15) is 36.0 Å². The first-order valence-electron chi connectivity index (χ1n) is 13.9. The van der Waals surface area contributed by atoms with E-state index in [2.05, 4.69) is 13.9 Å². The van der Waals surface area contributed by atoms with E-state index in [1.54, 1.807) is 27.0 Å². The van der Waals surface area contributed by atoms with Gasteiger partial charge in [0.15, 0.2) is 0 Å². The number of esters is 1. The molecule has 0 unspecified atom stereocenters. The first-order valence-corrected chi connectivity index (χ1v) is 18.8. The van der Waals surface area contributed by atoms with Crippen LogP contribution in [0.5, 0.6) is 17.2 Å². The number of aromatic amines is 1. The van der Waals surface area contributed by atoms with Crippen molar-refractivity contribution in [3.05, 3.63) is 56.5 Å². The van der Waals surface area contributed by atoms with Gasteiger partial charge in [-0.1, -0.05) is 25.7 Å². The molecule has 0 bridgehead atoms. The van der Waals surface area contributed by atoms with Crippen LogP contribution in [0.1, 0.15) is 41.3 Å². The minimum absolute atomic E-state index is 0.0738. The molecule has 256 valence electrons. The minimum atomic E-state index is -5.72. The van der Waals surface area contributed by atoms with Gasteiger partial charge in [0.05, 0.1) is 29.4 Å². The Morgan fingerprint density at radius 2 is 1.37 bits per heavy atom. The Bertz CT molecular complexity index is 1760. The van der Waals surface area contributed by atoms with Crippen LogP contribution in [-0.2, 0) is 24.4 Å². The highest BCUT2D eigenvalue weighted by Crippen LogP contribution is 2.34. The number of ether oxygens (including phenoxy) is 3. The van der Waals surface area contributed by atoms with Gasteiger partial charge < -0.3 is 23.4 Å². The summed E-state index contributed by atoms with van der Waals surface area (Å²) in [5.74, 6) is 0.279. The second kappa shape index (κ2) is 15.6. The molecule has 0 atom stereocenters. The monoisotopic (exact) mass is 689 g/mol. The van der Waals surface area contributed by atoms with Crippen molar-refractivity contribution in [2.75, 3.05) is 21.3 Å². The number of hydrogen-bond acceptors (Lipinski definition) is 9. The van der Waals surface area contributed by atoms with Crippen molar-refractivity contribution in [1.82, 2.24) is 4.98 Å². The van der Waals surface area contributed by atoms with Gasteiger partial charge >= 0.3 is 21.6 Å². The molecule has 2 aromatic carbocycles. The van der Waals surface area contributed by atoms with E-state index in [4.69, 9.17) is 9.47 Å². The van der Waals surface area contributed by atoms with Gasteiger partial charge in [-0.05, 0) is 75.2 Å². The number of halogens is 3. The van der Waals surface area contributed by atoms with Crippen LogP contribution in [0.4, 0.5) is 13.2 Å². The highest BCUT2D eigenvalue weighted by atomic mass is 32.2. The highest BCUT2D eigenvalue weighted by molar-refractivity contribution is 7.88. The molecule has 0 aliphatic rings. The maximum absolute atomic E-state index is 12.6. The number of carbonyl (C=O) groups is 2. The number of carbonyl (C=O) groups excluding carboxylic acids is 2. The standard InChI is InChI=1S/C13H19F3O4SSi.C13H15NO2.C5H8O3/c1-8-7-10(20-21(17,18)13(14,15)16)12(22(4,5)6)11(19-3)9(8)2;1-7-5-10-6-11(15)14-9(3)12(10)13(16-4)8(7)2;1-4(6)3-5(7)8-2/h7H,1-6H3;5-6H,1-4H3,(H,14,15);3H2,1-2H3. The molecule has 0 aliphatic carbocycles. The second-order valence-corrected chi connectivity index (χ2v) is 18.0. The van der Waals surface area contributed by atoms with E-state index in [-0.39, 0.29) is 23.5 Å². The van der Waals surface area contributed by atoms with Gasteiger partial charge in [-0.15, -0.1) is 0 Å². The molecule has 0 radical (unpaired) electrons. The minimum Gasteiger partial charge on any atom is -0.496 e. The maximum Gasteiger partial charge on any atom is 0.534 e. The predicted molar refractivity (Wildman–Crippen MR) is 174 cm³/mol. The molecule has 3 aromatic rings. The molecule has 0 spiro atoms. The molecular formula is C31H42F3NO9SSi. The molecular weight excluding hydrogens is 647 g/mol. The van der Waals surface area contributed by atoms with Crippen molar-refractivity contribution < 1.29 is 49.6 Å². The van der Waals surface area contributed by atoms with Gasteiger partial charge in [0.2, 0.25) is 5.56 Å². The van der Waals surface area contributed by atoms with Crippen molar-refractivity contribution in [2.45, 2.75) is 73.1 Å². The van der Waals surface area contributed by atoms with Crippen molar-refractivity contribution in [3.63, 3.8) is 0 Å². The summed E-state index contributed by atoms with van der Waals surface area (Å²) in [6.45, 7) is 16.3. The Kier molecular flexibility index (Phi) is 13.6. The average molecular weight is 690 g/mol. The summed E-state index contributed by atoms with van der Waals surface area (Å²) in [6.07, 6.45) is -0.115. The lowest BCUT2D eigenvalue weighted by Crippen LogP contribution is -2.41. The molecule has 46 heavy (non-hydrogen) atoms. The Balaban J connectivity index is 0.000000384. The molecule has 0 aliphatic heterocycles. The lowest BCUT2D eigenvalue weighted by molar-refractivity contribution is -0.142. The third-order valence-corrected chi connectivity index (χ3v) is 9.75. The zero-order valence-corrected chi connectivity index (χ0v) is 30.0. The van der Waals surface area contributed by atoms with Gasteiger partial charge in [-0.25, -0.2) is 0 Å². The number of hydrogen-bond donors (Lipinski definition) is 1. The number of rotatable bonds is 7. The quantitative estimate of drug-likeness (QED) is 0.109. The molecule has 3 rings (SSSR count). The van der Waals surface area contributed by atoms with Gasteiger partial charge in [0, 0.05) is 22.3 Å². The van der Waals surface area contributed by atoms with E-state index >= 15 is 0 Å². The van der Waals surface area contributed by atoms with E-state index in [0.717, 1.165) is 38.9 Å². The Hall–Kier alpha value is -3.85. The van der Waals surface area contributed by atoms with Crippen LogP contribution >= 0.6 is 0 Å². The summed E-state index contributed by atoms with van der Waals surface area (Å²) >= 11 is 0. The number of aryl methyl sites for hydroxylation is 3. The third-order valence-electron chi connectivity index (χ3n) is 6.81. The summed E-state index contributed by atoms with van der Waals surface area (Å²) in [6, 6.07) is 4.95. The first-order chi connectivity index (χ1) is 20.9. The van der Waals surface area contributed by atoms with E-state index in [1.807, 2.05) is 46.5 Å². The summed E-state index contributed by atoms with van der Waals surface area (Å²) in [5.41, 5.74) is -1.12. The van der Waals surface area contributed by atoms with Gasteiger partial charge in [-0.3, -0.25) is 14.4 Å². The number of methoxy groups -OCH3 is 3. The lowest BCUT2D eigenvalue weighted by Gasteiger charge is -2.26. The fourth-order valence-electron chi connectivity index (χ4n) is 4.42. The number of fused-ring (bicyclic) bond motifs is 1. The SMILES string of the molecule is COC(=O)CC(C)=O.COc1c(C)c(C)cc(OS(=O)(=O)C(F)(F)F)c1[Si](C)(C)C.COc1c(C)c(C)cc2cc(=O)[nH]c(C)c12. The number of benzene rings is 2. The lowest BCUT2D eigenvalue weighted by atomic mass is 10.0. The number of alkyl halides is 3. The molecule has 15 heteroatoms. The van der Waals surface area contributed by atoms with Gasteiger partial charge in [0.1, 0.15) is 29.5 Å². The fourth-order valence-corrected chi connectivity index (χ4v) is 6.79. The molecule has 0 saturated carbocycles. The van der Waals surface area contributed by atoms with Crippen LogP contribution in [0.25, 0.3) is 10.8 Å². The van der Waals surface area contributed by atoms with Gasteiger partial charge in [-0.2, -0.15) is 21.6 Å². The number of pyridine rings is 1. The van der Waals surface area contributed by atoms with Crippen molar-refractivity contribution >= 4 is 45.9 Å². The topological polar surface area (TPSA) is 138 Å². The van der Waals surface area contributed by atoms with Crippen LogP contribution in [0.2, 0.25) is 19.6 Å². The summed E-state index contributed by atoms with van der Waals surface area (Å²) < 4.78 is 79.7. The summed E-state index contributed by atoms with van der Waals surface area (Å²) in [5, 5.41) is 2.33. The largest absolute Gasteiger partial charge is 0.534 e. The normalized spacial score (nSPS) is 11.5. The van der Waals surface area contributed by atoms with E-state index in [0.29, 0.717) is 16.5 Å². The maximum atomic E-state index is 12.6. The number of aromatic nitrogens is 1. The van der Waals surface area contributed by atoms with Crippen LogP contribution < -0.4 is 24.4 Å². The summed E-state index contributed by atoms with van der Waals surface area (Å²) in [7, 11) is -3.65. The molecule has 0 saturated heterocycles. The fraction of sp³-hybridized carbons (Fsp3) is 0.452. The Labute approximate surface area is 268 Å². The number of Topliss-reactive ketones (excluding diaryl/α,β-unsaturated/α-hetero) is 1. The number of ketones is 1. The Morgan fingerprint density at radius 3 is 1.78 bits per heavy atom. The highest BCUT2D eigenvalue weighted by Gasteiger charge is 2.49. The van der Waals surface area contributed by atoms with Crippen LogP contribution in [0, 0.1) is 34.6 Å². The second-order valence-electron chi connectivity index (χ2n) is 11.5. The summed E-state index contributed by atoms with van der Waals surface area (Å²) in [4.78, 5) is 34.5. The third kappa shape index (κ3) is 10.1. The molecule has 0 fully saturated rings. The molecule has 1 heterocycles. The molecule has 1 N–H and O–H groups in total. The van der Waals surface area contributed by atoms with Crippen LogP contribution in [0.3, 0.4) is 0 Å². The number of H-pyrrole nitrogens is 1. The van der Waals surface area contributed by atoms with E-state index in [1.165, 1.54) is 27.2 Å². The first kappa shape index (κ1) is 40.2. The smallest absolute Gasteiger partial charge is 0.496 e. The Morgan fingerprint density at radius 1 is 0.870 bits per heavy atom. The molecule has 0 amide bonds.